The van der Waals surface area contributed by atoms with Gasteiger partial charge < -0.3 is 10.1 Å². The first kappa shape index (κ1) is 11.6. The highest BCUT2D eigenvalue weighted by Crippen LogP contribution is 2.16. The molecule has 1 fully saturated rings. The highest BCUT2D eigenvalue weighted by molar-refractivity contribution is 5.81. The Bertz CT molecular complexity index is 541. The number of aromatic nitrogens is 1. The minimum atomic E-state index is 0.328. The van der Waals surface area contributed by atoms with Crippen LogP contribution in [0.1, 0.15) is 18.9 Å². The molecule has 3 heteroatoms. The van der Waals surface area contributed by atoms with E-state index < -0.39 is 0 Å². The molecule has 0 aliphatic carbocycles. The third kappa shape index (κ3) is 2.37. The first-order chi connectivity index (χ1) is 8.83. The van der Waals surface area contributed by atoms with Crippen molar-refractivity contribution < 1.29 is 4.74 Å². The summed E-state index contributed by atoms with van der Waals surface area (Å²) in [7, 11) is 0. The van der Waals surface area contributed by atoms with Crippen LogP contribution in [0.25, 0.3) is 10.8 Å². The molecule has 0 saturated carbocycles. The molecule has 1 saturated heterocycles. The summed E-state index contributed by atoms with van der Waals surface area (Å²) in [5.74, 6) is 0. The molecule has 1 aromatic carbocycles. The Morgan fingerprint density at radius 1 is 1.33 bits per heavy atom. The fraction of sp³-hybridized carbons (Fsp3) is 0.400. The van der Waals surface area contributed by atoms with E-state index in [0.717, 1.165) is 19.6 Å². The summed E-state index contributed by atoms with van der Waals surface area (Å²) >= 11 is 0. The van der Waals surface area contributed by atoms with E-state index in [1.807, 2.05) is 12.4 Å². The second kappa shape index (κ2) is 5.04. The predicted molar refractivity (Wildman–Crippen MR) is 72.4 cm³/mol. The van der Waals surface area contributed by atoms with Crippen LogP contribution in [0, 0.1) is 0 Å². The van der Waals surface area contributed by atoms with Crippen molar-refractivity contribution in [1.82, 2.24) is 10.3 Å². The van der Waals surface area contributed by atoms with Crippen molar-refractivity contribution in [3.05, 3.63) is 42.2 Å². The van der Waals surface area contributed by atoms with E-state index in [1.54, 1.807) is 0 Å². The van der Waals surface area contributed by atoms with Crippen LogP contribution >= 0.6 is 0 Å². The van der Waals surface area contributed by atoms with Gasteiger partial charge in [-0.1, -0.05) is 12.1 Å². The summed E-state index contributed by atoms with van der Waals surface area (Å²) in [4.78, 5) is 4.13. The van der Waals surface area contributed by atoms with Crippen LogP contribution in [-0.2, 0) is 11.3 Å². The Labute approximate surface area is 107 Å². The number of benzene rings is 1. The molecule has 0 spiro atoms. The number of hydrogen-bond donors (Lipinski definition) is 1. The van der Waals surface area contributed by atoms with Crippen LogP contribution in [-0.4, -0.2) is 23.7 Å². The van der Waals surface area contributed by atoms with Crippen LogP contribution in [0.5, 0.6) is 0 Å². The summed E-state index contributed by atoms with van der Waals surface area (Å²) in [5, 5.41) is 6.02. The van der Waals surface area contributed by atoms with E-state index in [4.69, 9.17) is 4.74 Å². The summed E-state index contributed by atoms with van der Waals surface area (Å²) in [5.41, 5.74) is 1.31. The van der Waals surface area contributed by atoms with E-state index >= 15 is 0 Å². The number of nitrogens with one attached hydrogen (secondary N) is 1. The van der Waals surface area contributed by atoms with Gasteiger partial charge >= 0.3 is 0 Å². The van der Waals surface area contributed by atoms with E-state index in [2.05, 4.69) is 41.5 Å². The maximum absolute atomic E-state index is 5.55. The van der Waals surface area contributed by atoms with Gasteiger partial charge in [-0.15, -0.1) is 0 Å². The molecule has 0 amide bonds. The Kier molecular flexibility index (Phi) is 3.26. The van der Waals surface area contributed by atoms with Gasteiger partial charge in [-0.25, -0.2) is 0 Å². The zero-order valence-corrected chi connectivity index (χ0v) is 10.6. The van der Waals surface area contributed by atoms with Crippen LogP contribution < -0.4 is 5.32 Å². The fourth-order valence-corrected chi connectivity index (χ4v) is 2.49. The Balaban J connectivity index is 1.71. The molecule has 2 aromatic rings. The van der Waals surface area contributed by atoms with Crippen molar-refractivity contribution in [2.45, 2.75) is 32.0 Å². The third-order valence-electron chi connectivity index (χ3n) is 3.65. The second-order valence-electron chi connectivity index (χ2n) is 4.91. The lowest BCUT2D eigenvalue weighted by molar-refractivity contribution is 0.113. The molecule has 1 N–H and O–H groups in total. The maximum atomic E-state index is 5.55. The predicted octanol–water partition coefficient (Wildman–Crippen LogP) is 2.50. The normalized spacial score (nSPS) is 23.6. The zero-order valence-electron chi connectivity index (χ0n) is 10.6. The minimum Gasteiger partial charge on any atom is -0.377 e. The van der Waals surface area contributed by atoms with Crippen molar-refractivity contribution >= 4 is 10.8 Å². The molecule has 2 unspecified atom stereocenters. The topological polar surface area (TPSA) is 34.1 Å². The van der Waals surface area contributed by atoms with Gasteiger partial charge in [0.2, 0.25) is 0 Å². The zero-order chi connectivity index (χ0) is 12.4. The lowest BCUT2D eigenvalue weighted by Crippen LogP contribution is -2.34. The fourth-order valence-electron chi connectivity index (χ4n) is 2.49. The summed E-state index contributed by atoms with van der Waals surface area (Å²) < 4.78 is 5.55. The number of rotatable bonds is 3. The Hall–Kier alpha value is -1.45. The van der Waals surface area contributed by atoms with Crippen LogP contribution in [0.3, 0.4) is 0 Å². The quantitative estimate of drug-likeness (QED) is 0.898. The number of ether oxygens (including phenoxy) is 1. The van der Waals surface area contributed by atoms with Crippen molar-refractivity contribution in [2.24, 2.45) is 0 Å². The molecule has 0 bridgehead atoms. The van der Waals surface area contributed by atoms with Crippen molar-refractivity contribution in [3.63, 3.8) is 0 Å². The highest BCUT2D eigenvalue weighted by atomic mass is 16.5. The minimum absolute atomic E-state index is 0.328. The lowest BCUT2D eigenvalue weighted by atomic mass is 10.1. The van der Waals surface area contributed by atoms with Gasteiger partial charge in [-0.2, -0.15) is 0 Å². The lowest BCUT2D eigenvalue weighted by Gasteiger charge is -2.16. The van der Waals surface area contributed by atoms with Gasteiger partial charge in [0.1, 0.15) is 0 Å². The van der Waals surface area contributed by atoms with E-state index in [9.17, 15) is 0 Å². The Morgan fingerprint density at radius 2 is 2.28 bits per heavy atom. The van der Waals surface area contributed by atoms with Gasteiger partial charge in [0.15, 0.2) is 0 Å². The van der Waals surface area contributed by atoms with Gasteiger partial charge in [0.05, 0.1) is 6.10 Å². The summed E-state index contributed by atoms with van der Waals surface area (Å²) in [6, 6.07) is 9.06. The molecule has 1 aliphatic heterocycles. The number of fused-ring (bicyclic) bond motifs is 1. The van der Waals surface area contributed by atoms with Gasteiger partial charge in [0, 0.05) is 37.0 Å². The van der Waals surface area contributed by atoms with Gasteiger partial charge in [0.25, 0.3) is 0 Å². The smallest absolute Gasteiger partial charge is 0.0700 e. The average Bonchev–Trinajstić information content (AvgIpc) is 2.82. The van der Waals surface area contributed by atoms with Crippen LogP contribution in [0.2, 0.25) is 0 Å². The van der Waals surface area contributed by atoms with Gasteiger partial charge in [-0.05, 0) is 36.4 Å². The summed E-state index contributed by atoms with van der Waals surface area (Å²) in [6.45, 7) is 3.91. The van der Waals surface area contributed by atoms with Crippen molar-refractivity contribution in [2.75, 3.05) is 6.61 Å². The molecule has 1 aliphatic rings. The van der Waals surface area contributed by atoms with E-state index in [-0.39, 0.29) is 0 Å². The number of pyridine rings is 1. The molecule has 2 heterocycles. The van der Waals surface area contributed by atoms with Gasteiger partial charge in [-0.3, -0.25) is 4.98 Å². The monoisotopic (exact) mass is 242 g/mol. The highest BCUT2D eigenvalue weighted by Gasteiger charge is 2.23. The molecule has 94 valence electrons. The molecule has 2 atom stereocenters. The van der Waals surface area contributed by atoms with E-state index in [0.29, 0.717) is 12.1 Å². The summed E-state index contributed by atoms with van der Waals surface area (Å²) in [6.07, 6.45) is 5.18. The van der Waals surface area contributed by atoms with E-state index in [1.165, 1.54) is 16.3 Å². The SMILES string of the molecule is CC1OCCC1NCc1ccc2cnccc2c1. The second-order valence-corrected chi connectivity index (χ2v) is 4.91. The molecule has 18 heavy (non-hydrogen) atoms. The maximum Gasteiger partial charge on any atom is 0.0700 e. The first-order valence-corrected chi connectivity index (χ1v) is 6.50. The van der Waals surface area contributed by atoms with Crippen molar-refractivity contribution in [1.29, 1.82) is 0 Å². The third-order valence-corrected chi connectivity index (χ3v) is 3.65. The Morgan fingerprint density at radius 3 is 3.11 bits per heavy atom. The molecular formula is C15H18N2O. The standard InChI is InChI=1S/C15H18N2O/c1-11-15(5-7-18-11)17-9-12-2-3-14-10-16-6-4-13(14)8-12/h2-4,6,8,10-11,15,17H,5,7,9H2,1H3. The molecule has 3 nitrogen and oxygen atoms in total. The molecule has 0 radical (unpaired) electrons. The number of hydrogen-bond acceptors (Lipinski definition) is 3. The van der Waals surface area contributed by atoms with Crippen LogP contribution in [0.15, 0.2) is 36.7 Å². The van der Waals surface area contributed by atoms with Crippen LogP contribution in [0.4, 0.5) is 0 Å². The van der Waals surface area contributed by atoms with Crippen molar-refractivity contribution in [3.8, 4) is 0 Å². The largest absolute Gasteiger partial charge is 0.377 e. The molecule has 1 aromatic heterocycles. The molecular weight excluding hydrogens is 224 g/mol. The average molecular weight is 242 g/mol. The number of nitrogens with zero attached hydrogens (tertiary/aromatic N) is 1. The molecule has 3 rings (SSSR count). The first-order valence-electron chi connectivity index (χ1n) is 6.50.